The average Bonchev–Trinajstić information content (AvgIpc) is 3.16. The normalized spacial score (nSPS) is 18.3. The predicted octanol–water partition coefficient (Wildman–Crippen LogP) is 5.88. The molecule has 3 aromatic rings. The molecule has 5 rings (SSSR count). The average molecular weight is 506 g/mol. The van der Waals surface area contributed by atoms with E-state index >= 15 is 0 Å². The highest BCUT2D eigenvalue weighted by Crippen LogP contribution is 2.40. The molecule has 0 N–H and O–H groups in total. The Hall–Kier alpha value is -3.45. The first-order valence-electron chi connectivity index (χ1n) is 12.7. The third-order valence-corrected chi connectivity index (χ3v) is 7.58. The maximum atomic E-state index is 13.9. The zero-order valence-corrected chi connectivity index (χ0v) is 20.8. The molecule has 0 saturated carbocycles. The molecule has 0 radical (unpaired) electrons. The van der Waals surface area contributed by atoms with Gasteiger partial charge in [0.25, 0.3) is 5.91 Å². The first-order valence-corrected chi connectivity index (χ1v) is 12.7. The maximum absolute atomic E-state index is 13.9. The lowest BCUT2D eigenvalue weighted by atomic mass is 9.82. The van der Waals surface area contributed by atoms with Gasteiger partial charge < -0.3 is 4.90 Å². The van der Waals surface area contributed by atoms with Crippen LogP contribution in [0.5, 0.6) is 0 Å². The molecule has 192 valence electrons. The Labute approximate surface area is 215 Å². The number of aliphatic imine (C=N–C) groups is 1. The van der Waals surface area contributed by atoms with Gasteiger partial charge in [0.05, 0.1) is 0 Å². The molecule has 0 atom stereocenters. The second-order valence-corrected chi connectivity index (χ2v) is 9.86. The van der Waals surface area contributed by atoms with E-state index < -0.39 is 17.2 Å². The number of rotatable bonds is 7. The second-order valence-electron chi connectivity index (χ2n) is 9.86. The Morgan fingerprint density at radius 2 is 1.27 bits per heavy atom. The Balaban J connectivity index is 1.25. The van der Waals surface area contributed by atoms with Gasteiger partial charge in [0.1, 0.15) is 23.3 Å². The molecule has 3 aromatic carbocycles. The van der Waals surface area contributed by atoms with Gasteiger partial charge in [0, 0.05) is 6.54 Å². The summed E-state index contributed by atoms with van der Waals surface area (Å²) >= 11 is 0. The Bertz CT molecular complexity index is 1220. The quantitative estimate of drug-likeness (QED) is 0.402. The molecular weight excluding hydrogens is 475 g/mol. The zero-order valence-electron chi connectivity index (χ0n) is 20.8. The van der Waals surface area contributed by atoms with Crippen molar-refractivity contribution in [2.75, 3.05) is 26.2 Å². The van der Waals surface area contributed by atoms with Crippen LogP contribution in [-0.2, 0) is 10.3 Å². The molecule has 0 aliphatic carbocycles. The summed E-state index contributed by atoms with van der Waals surface area (Å²) in [5.41, 5.74) is 0.929. The van der Waals surface area contributed by atoms with E-state index in [0.717, 1.165) is 38.9 Å². The fourth-order valence-electron chi connectivity index (χ4n) is 5.56. The summed E-state index contributed by atoms with van der Waals surface area (Å²) in [4.78, 5) is 22.8. The number of nitrogens with zero attached hydrogens (tertiary/aromatic N) is 3. The van der Waals surface area contributed by atoms with E-state index in [1.165, 1.54) is 42.0 Å². The van der Waals surface area contributed by atoms with Crippen molar-refractivity contribution < 1.29 is 18.0 Å². The third-order valence-electron chi connectivity index (χ3n) is 7.58. The molecule has 2 aliphatic rings. The zero-order chi connectivity index (χ0) is 26.0. The van der Waals surface area contributed by atoms with Gasteiger partial charge in [0.15, 0.2) is 5.54 Å². The number of amides is 1. The minimum Gasteiger partial charge on any atom is -0.303 e. The molecule has 0 unspecified atom stereocenters. The van der Waals surface area contributed by atoms with Crippen LogP contribution in [0.25, 0.3) is 0 Å². The lowest BCUT2D eigenvalue weighted by Gasteiger charge is -2.33. The predicted molar refractivity (Wildman–Crippen MR) is 138 cm³/mol. The Kier molecular flexibility index (Phi) is 7.15. The summed E-state index contributed by atoms with van der Waals surface area (Å²) in [6.07, 6.45) is 2.82. The molecule has 1 amide bonds. The smallest absolute Gasteiger partial charge is 0.265 e. The fourth-order valence-corrected chi connectivity index (χ4v) is 5.56. The summed E-state index contributed by atoms with van der Waals surface area (Å²) in [6.45, 7) is 5.08. The van der Waals surface area contributed by atoms with E-state index in [0.29, 0.717) is 29.4 Å². The van der Waals surface area contributed by atoms with Crippen molar-refractivity contribution in [1.29, 1.82) is 0 Å². The van der Waals surface area contributed by atoms with E-state index in [9.17, 15) is 18.0 Å². The summed E-state index contributed by atoms with van der Waals surface area (Å²) in [7, 11) is 0. The number of piperidine rings is 1. The second kappa shape index (κ2) is 10.5. The summed E-state index contributed by atoms with van der Waals surface area (Å²) < 4.78 is 40.6. The number of carbonyl (C=O) groups is 1. The summed E-state index contributed by atoms with van der Waals surface area (Å²) in [5.74, 6) is -0.182. The maximum Gasteiger partial charge on any atom is 0.265 e. The van der Waals surface area contributed by atoms with Gasteiger partial charge in [-0.3, -0.25) is 9.69 Å². The molecule has 1 fully saturated rings. The van der Waals surface area contributed by atoms with Crippen molar-refractivity contribution in [2.24, 2.45) is 4.99 Å². The Morgan fingerprint density at radius 3 is 1.78 bits per heavy atom. The number of amidine groups is 1. The highest BCUT2D eigenvalue weighted by atomic mass is 19.1. The molecule has 4 nitrogen and oxygen atoms in total. The van der Waals surface area contributed by atoms with Gasteiger partial charge in [0.2, 0.25) is 0 Å². The monoisotopic (exact) mass is 505 g/mol. The van der Waals surface area contributed by atoms with E-state index in [2.05, 4.69) is 4.90 Å². The van der Waals surface area contributed by atoms with E-state index in [1.54, 1.807) is 36.1 Å². The molecule has 0 bridgehead atoms. The van der Waals surface area contributed by atoms with Crippen LogP contribution in [0.3, 0.4) is 0 Å². The molecule has 37 heavy (non-hydrogen) atoms. The molecule has 2 aliphatic heterocycles. The first-order chi connectivity index (χ1) is 17.9. The van der Waals surface area contributed by atoms with Crippen molar-refractivity contribution in [1.82, 2.24) is 9.80 Å². The van der Waals surface area contributed by atoms with Gasteiger partial charge in [-0.15, -0.1) is 0 Å². The lowest BCUT2D eigenvalue weighted by Crippen LogP contribution is -2.43. The highest BCUT2D eigenvalue weighted by molar-refractivity contribution is 6.09. The van der Waals surface area contributed by atoms with Crippen molar-refractivity contribution >= 4 is 11.7 Å². The molecule has 0 aromatic heterocycles. The summed E-state index contributed by atoms with van der Waals surface area (Å²) in [5, 5.41) is 0. The van der Waals surface area contributed by atoms with Gasteiger partial charge in [-0.05, 0) is 105 Å². The van der Waals surface area contributed by atoms with Crippen LogP contribution in [0.15, 0.2) is 77.8 Å². The van der Waals surface area contributed by atoms with Gasteiger partial charge >= 0.3 is 0 Å². The number of halogens is 3. The third kappa shape index (κ3) is 5.05. The number of hydrogen-bond donors (Lipinski definition) is 0. The molecule has 0 spiro atoms. The fraction of sp³-hybridized carbons (Fsp3) is 0.333. The Morgan fingerprint density at radius 1 is 0.784 bits per heavy atom. The van der Waals surface area contributed by atoms with Crippen LogP contribution in [0.2, 0.25) is 0 Å². The van der Waals surface area contributed by atoms with Crippen LogP contribution in [0.1, 0.15) is 48.8 Å². The SMILES string of the molecule is CC1=NC(c2ccc(F)cc2)(c2ccc(F)cc2)C(=O)N1CCCN1CCC(c2ccc(F)cc2)CC1. The van der Waals surface area contributed by atoms with E-state index in [-0.39, 0.29) is 11.7 Å². The molecular formula is C30H30F3N3O. The largest absolute Gasteiger partial charge is 0.303 e. The number of benzene rings is 3. The topological polar surface area (TPSA) is 35.9 Å². The van der Waals surface area contributed by atoms with Crippen molar-refractivity contribution in [3.05, 3.63) is 107 Å². The van der Waals surface area contributed by atoms with Gasteiger partial charge in [-0.25, -0.2) is 18.2 Å². The molecule has 7 heteroatoms. The van der Waals surface area contributed by atoms with E-state index in [4.69, 9.17) is 4.99 Å². The van der Waals surface area contributed by atoms with Gasteiger partial charge in [-0.1, -0.05) is 36.4 Å². The highest BCUT2D eigenvalue weighted by Gasteiger charge is 2.49. The lowest BCUT2D eigenvalue weighted by molar-refractivity contribution is -0.130. The van der Waals surface area contributed by atoms with Crippen LogP contribution in [-0.4, -0.2) is 47.7 Å². The van der Waals surface area contributed by atoms with E-state index in [1.807, 2.05) is 12.1 Å². The van der Waals surface area contributed by atoms with Crippen LogP contribution in [0.4, 0.5) is 13.2 Å². The molecule has 2 heterocycles. The summed E-state index contributed by atoms with van der Waals surface area (Å²) in [6, 6.07) is 18.4. The first kappa shape index (κ1) is 25.2. The number of hydrogen-bond acceptors (Lipinski definition) is 3. The number of carbonyl (C=O) groups excluding carboxylic acids is 1. The van der Waals surface area contributed by atoms with Crippen molar-refractivity contribution in [2.45, 2.75) is 37.6 Å². The van der Waals surface area contributed by atoms with Crippen molar-refractivity contribution in [3.63, 3.8) is 0 Å². The number of likely N-dealkylation sites (tertiary alicyclic amines) is 1. The molecule has 1 saturated heterocycles. The minimum absolute atomic E-state index is 0.209. The van der Waals surface area contributed by atoms with Crippen LogP contribution in [0, 0.1) is 17.5 Å². The standard InChI is InChI=1S/C30H30F3N3O/c1-21-34-30(24-5-11-27(32)12-6-24,25-7-13-28(33)14-8-25)29(37)36(21)18-2-17-35-19-15-23(16-20-35)22-3-9-26(31)10-4-22/h3-14,23H,2,15-20H2,1H3. The van der Waals surface area contributed by atoms with Crippen LogP contribution < -0.4 is 0 Å². The minimum atomic E-state index is -1.36. The van der Waals surface area contributed by atoms with Crippen LogP contribution >= 0.6 is 0 Å². The van der Waals surface area contributed by atoms with Crippen molar-refractivity contribution in [3.8, 4) is 0 Å². The van der Waals surface area contributed by atoms with Gasteiger partial charge in [-0.2, -0.15) is 0 Å².